The highest BCUT2D eigenvalue weighted by Gasteiger charge is 2.10. The minimum absolute atomic E-state index is 0.0462. The number of nitrogens with zero attached hydrogens (tertiary/aromatic N) is 2. The van der Waals surface area contributed by atoms with Crippen molar-refractivity contribution < 1.29 is 15.0 Å². The summed E-state index contributed by atoms with van der Waals surface area (Å²) in [4.78, 5) is 11.7. The second kappa shape index (κ2) is 5.43. The third kappa shape index (κ3) is 2.94. The number of rotatable bonds is 3. The highest BCUT2D eigenvalue weighted by atomic mass is 16.3. The van der Waals surface area contributed by atoms with Gasteiger partial charge in [-0.25, -0.2) is 5.43 Å². The average Bonchev–Trinajstić information content (AvgIpc) is 2.82. The van der Waals surface area contributed by atoms with Gasteiger partial charge in [-0.05, 0) is 32.0 Å². The van der Waals surface area contributed by atoms with Crippen molar-refractivity contribution in [2.75, 3.05) is 0 Å². The number of aromatic hydroxyl groups is 2. The van der Waals surface area contributed by atoms with Crippen LogP contribution >= 0.6 is 0 Å². The highest BCUT2D eigenvalue weighted by molar-refractivity contribution is 6.02. The standard InChI is InChI=1S/C13H14N4O3/c1-7-5-11(16-14-7)13(20)17-15-8(2)10-4-3-9(18)6-12(10)19/h3-6,18-19H,1-2H3,(H,14,16)(H,17,20). The lowest BCUT2D eigenvalue weighted by Gasteiger charge is -2.04. The molecule has 20 heavy (non-hydrogen) atoms. The maximum absolute atomic E-state index is 11.7. The molecule has 1 heterocycles. The van der Waals surface area contributed by atoms with E-state index in [1.165, 1.54) is 18.2 Å². The molecule has 104 valence electrons. The molecule has 7 heteroatoms. The van der Waals surface area contributed by atoms with E-state index in [0.717, 1.165) is 5.69 Å². The molecule has 0 aliphatic carbocycles. The van der Waals surface area contributed by atoms with Crippen molar-refractivity contribution in [3.05, 3.63) is 41.2 Å². The van der Waals surface area contributed by atoms with Crippen LogP contribution in [-0.2, 0) is 0 Å². The Morgan fingerprint density at radius 1 is 1.35 bits per heavy atom. The SMILES string of the molecule is CC(=NNC(=O)c1cc(C)[nH]n1)c1ccc(O)cc1O. The zero-order valence-electron chi connectivity index (χ0n) is 11.0. The molecule has 0 atom stereocenters. The lowest BCUT2D eigenvalue weighted by Crippen LogP contribution is -2.19. The molecule has 7 nitrogen and oxygen atoms in total. The van der Waals surface area contributed by atoms with Gasteiger partial charge in [-0.2, -0.15) is 10.2 Å². The molecule has 0 spiro atoms. The number of amides is 1. The van der Waals surface area contributed by atoms with Gasteiger partial charge in [0.05, 0.1) is 5.71 Å². The van der Waals surface area contributed by atoms with Gasteiger partial charge in [-0.1, -0.05) is 0 Å². The second-order valence-electron chi connectivity index (χ2n) is 4.28. The molecule has 0 bridgehead atoms. The van der Waals surface area contributed by atoms with Crippen LogP contribution in [-0.4, -0.2) is 32.0 Å². The van der Waals surface area contributed by atoms with Crippen molar-refractivity contribution >= 4 is 11.6 Å². The Kier molecular flexibility index (Phi) is 3.69. The summed E-state index contributed by atoms with van der Waals surface area (Å²) in [5, 5.41) is 29.2. The molecule has 0 saturated carbocycles. The Morgan fingerprint density at radius 3 is 2.70 bits per heavy atom. The van der Waals surface area contributed by atoms with Crippen molar-refractivity contribution in [1.29, 1.82) is 0 Å². The minimum atomic E-state index is -0.452. The zero-order chi connectivity index (χ0) is 14.7. The van der Waals surface area contributed by atoms with E-state index in [1.807, 2.05) is 0 Å². The summed E-state index contributed by atoms with van der Waals surface area (Å²) in [6.07, 6.45) is 0. The van der Waals surface area contributed by atoms with Crippen LogP contribution in [0.15, 0.2) is 29.4 Å². The smallest absolute Gasteiger partial charge is 0.291 e. The summed E-state index contributed by atoms with van der Waals surface area (Å²) < 4.78 is 0. The number of carbonyl (C=O) groups excluding carboxylic acids is 1. The molecule has 2 aromatic rings. The van der Waals surface area contributed by atoms with Gasteiger partial charge < -0.3 is 10.2 Å². The number of nitrogens with one attached hydrogen (secondary N) is 2. The number of phenols is 2. The molecule has 1 aromatic carbocycles. The summed E-state index contributed by atoms with van der Waals surface area (Å²) in [6.45, 7) is 3.41. The van der Waals surface area contributed by atoms with Crippen molar-refractivity contribution in [3.8, 4) is 11.5 Å². The van der Waals surface area contributed by atoms with Crippen LogP contribution in [0.2, 0.25) is 0 Å². The van der Waals surface area contributed by atoms with Gasteiger partial charge >= 0.3 is 0 Å². The number of hydrogen-bond acceptors (Lipinski definition) is 5. The first kappa shape index (κ1) is 13.6. The number of carbonyl (C=O) groups is 1. The van der Waals surface area contributed by atoms with Crippen LogP contribution in [0.5, 0.6) is 11.5 Å². The van der Waals surface area contributed by atoms with Gasteiger partial charge in [-0.15, -0.1) is 0 Å². The van der Waals surface area contributed by atoms with Gasteiger partial charge in [-0.3, -0.25) is 9.89 Å². The largest absolute Gasteiger partial charge is 0.508 e. The van der Waals surface area contributed by atoms with Gasteiger partial charge in [0.25, 0.3) is 5.91 Å². The number of benzene rings is 1. The monoisotopic (exact) mass is 274 g/mol. The fourth-order valence-electron chi connectivity index (χ4n) is 1.61. The quantitative estimate of drug-likeness (QED) is 0.499. The van der Waals surface area contributed by atoms with Gasteiger partial charge in [0.1, 0.15) is 11.5 Å². The van der Waals surface area contributed by atoms with Gasteiger partial charge in [0, 0.05) is 17.3 Å². The molecule has 4 N–H and O–H groups in total. The van der Waals surface area contributed by atoms with Gasteiger partial charge in [0.15, 0.2) is 5.69 Å². The van der Waals surface area contributed by atoms with E-state index >= 15 is 0 Å². The fourth-order valence-corrected chi connectivity index (χ4v) is 1.61. The zero-order valence-corrected chi connectivity index (χ0v) is 11.0. The number of aryl methyl sites for hydroxylation is 1. The molecule has 0 unspecified atom stereocenters. The Labute approximate surface area is 115 Å². The summed E-state index contributed by atoms with van der Waals surface area (Å²) in [5.41, 5.74) is 4.17. The Balaban J connectivity index is 2.13. The third-order valence-corrected chi connectivity index (χ3v) is 2.63. The Morgan fingerprint density at radius 2 is 2.10 bits per heavy atom. The van der Waals surface area contributed by atoms with Crippen molar-refractivity contribution in [3.63, 3.8) is 0 Å². The van der Waals surface area contributed by atoms with Crippen LogP contribution < -0.4 is 5.43 Å². The molecular weight excluding hydrogens is 260 g/mol. The van der Waals surface area contributed by atoms with E-state index < -0.39 is 5.91 Å². The Hall–Kier alpha value is -2.83. The van der Waals surface area contributed by atoms with Crippen LogP contribution in [0.25, 0.3) is 0 Å². The number of aromatic amines is 1. The molecule has 0 radical (unpaired) electrons. The first-order valence-corrected chi connectivity index (χ1v) is 5.86. The first-order valence-electron chi connectivity index (χ1n) is 5.86. The maximum atomic E-state index is 11.7. The van der Waals surface area contributed by atoms with Gasteiger partial charge in [0.2, 0.25) is 0 Å². The van der Waals surface area contributed by atoms with E-state index in [0.29, 0.717) is 11.3 Å². The lowest BCUT2D eigenvalue weighted by atomic mass is 10.1. The van der Waals surface area contributed by atoms with Crippen LogP contribution in [0.4, 0.5) is 0 Å². The topological polar surface area (TPSA) is 111 Å². The highest BCUT2D eigenvalue weighted by Crippen LogP contribution is 2.22. The average molecular weight is 274 g/mol. The van der Waals surface area contributed by atoms with Crippen LogP contribution in [0.3, 0.4) is 0 Å². The number of hydrazone groups is 1. The molecule has 0 fully saturated rings. The molecule has 1 aromatic heterocycles. The summed E-state index contributed by atoms with van der Waals surface area (Å²) in [7, 11) is 0. The molecule has 0 aliphatic heterocycles. The predicted octanol–water partition coefficient (Wildman–Crippen LogP) is 1.28. The number of H-pyrrole nitrogens is 1. The van der Waals surface area contributed by atoms with Crippen molar-refractivity contribution in [2.24, 2.45) is 5.10 Å². The number of aromatic nitrogens is 2. The number of phenolic OH excluding ortho intramolecular Hbond substituents is 2. The Bertz CT molecular complexity index is 676. The van der Waals surface area contributed by atoms with E-state index in [-0.39, 0.29) is 17.2 Å². The number of hydrogen-bond donors (Lipinski definition) is 4. The van der Waals surface area contributed by atoms with Crippen molar-refractivity contribution in [2.45, 2.75) is 13.8 Å². The summed E-state index contributed by atoms with van der Waals surface area (Å²) >= 11 is 0. The van der Waals surface area contributed by atoms with E-state index in [4.69, 9.17) is 0 Å². The molecule has 2 rings (SSSR count). The van der Waals surface area contributed by atoms with E-state index in [9.17, 15) is 15.0 Å². The van der Waals surface area contributed by atoms with E-state index in [1.54, 1.807) is 19.9 Å². The van der Waals surface area contributed by atoms with Crippen LogP contribution in [0.1, 0.15) is 28.7 Å². The maximum Gasteiger partial charge on any atom is 0.291 e. The molecular formula is C13H14N4O3. The third-order valence-electron chi connectivity index (χ3n) is 2.63. The first-order chi connectivity index (χ1) is 9.47. The predicted molar refractivity (Wildman–Crippen MR) is 72.8 cm³/mol. The molecule has 0 aliphatic rings. The fraction of sp³-hybridized carbons (Fsp3) is 0.154. The normalized spacial score (nSPS) is 11.4. The molecule has 1 amide bonds. The second-order valence-corrected chi connectivity index (χ2v) is 4.28. The lowest BCUT2D eigenvalue weighted by molar-refractivity contribution is 0.0950. The van der Waals surface area contributed by atoms with Crippen molar-refractivity contribution in [1.82, 2.24) is 15.6 Å². The van der Waals surface area contributed by atoms with Crippen LogP contribution in [0, 0.1) is 6.92 Å². The summed E-state index contributed by atoms with van der Waals surface area (Å²) in [6, 6.07) is 5.73. The molecule has 0 saturated heterocycles. The minimum Gasteiger partial charge on any atom is -0.508 e. The van der Waals surface area contributed by atoms with E-state index in [2.05, 4.69) is 20.7 Å². The summed E-state index contributed by atoms with van der Waals surface area (Å²) in [5.74, 6) is -0.613.